The van der Waals surface area contributed by atoms with E-state index < -0.39 is 0 Å². The van der Waals surface area contributed by atoms with Gasteiger partial charge in [0.25, 0.3) is 0 Å². The summed E-state index contributed by atoms with van der Waals surface area (Å²) in [5.41, 5.74) is 20.9. The van der Waals surface area contributed by atoms with Crippen molar-refractivity contribution in [3.05, 3.63) is 166 Å². The molecule has 0 aliphatic heterocycles. The second kappa shape index (κ2) is 15.1. The Morgan fingerprint density at radius 1 is 0.479 bits per heavy atom. The minimum atomic E-state index is -0.307. The fourth-order valence-electron chi connectivity index (χ4n) is 5.66. The van der Waals surface area contributed by atoms with Gasteiger partial charge in [-0.25, -0.2) is 8.78 Å². The second-order valence-corrected chi connectivity index (χ2v) is 11.5. The summed E-state index contributed by atoms with van der Waals surface area (Å²) in [4.78, 5) is 0. The van der Waals surface area contributed by atoms with E-state index in [0.29, 0.717) is 22.3 Å². The summed E-state index contributed by atoms with van der Waals surface area (Å²) in [6, 6.07) is 41.0. The normalized spacial score (nSPS) is 10.4. The number of hydrogen-bond acceptors (Lipinski definition) is 4. The van der Waals surface area contributed by atoms with Gasteiger partial charge in [-0.15, -0.1) is 0 Å². The van der Waals surface area contributed by atoms with Crippen LogP contribution in [0.4, 0.5) is 8.78 Å². The Balaban J connectivity index is 0.00000145. The monoisotopic (exact) mass is 632 g/mol. The summed E-state index contributed by atoms with van der Waals surface area (Å²) in [5, 5.41) is 18.0. The molecule has 0 spiro atoms. The molecule has 0 saturated carbocycles. The van der Waals surface area contributed by atoms with Crippen LogP contribution < -0.4 is 11.5 Å². The Kier molecular flexibility index (Phi) is 10.5. The van der Waals surface area contributed by atoms with Gasteiger partial charge in [0.2, 0.25) is 0 Å². The van der Waals surface area contributed by atoms with Gasteiger partial charge in [-0.3, -0.25) is 0 Å². The summed E-state index contributed by atoms with van der Waals surface area (Å²) in [5.74, 6) is -0.614. The third-order valence-electron chi connectivity index (χ3n) is 8.32. The minimum Gasteiger partial charge on any atom is -0.319 e. The number of nitrogens with two attached hydrogens (primary N) is 2. The zero-order chi connectivity index (χ0) is 34.2. The van der Waals surface area contributed by atoms with Crippen LogP contribution in [0.5, 0.6) is 0 Å². The lowest BCUT2D eigenvalue weighted by atomic mass is 9.92. The lowest BCUT2D eigenvalue weighted by molar-refractivity contribution is 0.631. The van der Waals surface area contributed by atoms with E-state index in [0.717, 1.165) is 50.9 Å². The first kappa shape index (κ1) is 33.4. The highest BCUT2D eigenvalue weighted by atomic mass is 19.1. The number of rotatable bonds is 6. The molecule has 48 heavy (non-hydrogen) atoms. The number of benzene rings is 6. The van der Waals surface area contributed by atoms with Gasteiger partial charge in [-0.1, -0.05) is 84.9 Å². The third-order valence-corrected chi connectivity index (χ3v) is 8.32. The van der Waals surface area contributed by atoms with Gasteiger partial charge in [0.05, 0.1) is 23.3 Å². The Morgan fingerprint density at radius 3 is 1.10 bits per heavy atom. The maximum Gasteiger partial charge on any atom is 0.131 e. The van der Waals surface area contributed by atoms with Gasteiger partial charge in [0.1, 0.15) is 11.6 Å². The van der Waals surface area contributed by atoms with Crippen LogP contribution in [-0.4, -0.2) is 6.67 Å². The molecule has 4 nitrogen and oxygen atoms in total. The SMILES string of the molecule is Cc1cc(-c2ccc(-c3ccc(C#N)cc3)c(F)c2)ccc1Cc1ccc(-c2ccc(-c3ccc(C#N)cc3)c(F)c2)cc1C.NCN. The number of aryl methyl sites for hydroxylation is 2. The van der Waals surface area contributed by atoms with Crippen molar-refractivity contribution in [2.45, 2.75) is 20.3 Å². The molecule has 6 rings (SSSR count). The van der Waals surface area contributed by atoms with Crippen molar-refractivity contribution in [2.24, 2.45) is 11.5 Å². The highest BCUT2D eigenvalue weighted by Gasteiger charge is 2.12. The van der Waals surface area contributed by atoms with E-state index in [-0.39, 0.29) is 18.3 Å². The fourth-order valence-corrected chi connectivity index (χ4v) is 5.66. The Morgan fingerprint density at radius 2 is 0.792 bits per heavy atom. The van der Waals surface area contributed by atoms with Crippen LogP contribution in [0.2, 0.25) is 0 Å². The molecule has 0 fully saturated rings. The van der Waals surface area contributed by atoms with Gasteiger partial charge in [-0.2, -0.15) is 10.5 Å². The highest BCUT2D eigenvalue weighted by Crippen LogP contribution is 2.32. The van der Waals surface area contributed by atoms with E-state index in [9.17, 15) is 0 Å². The van der Waals surface area contributed by atoms with Crippen LogP contribution in [0, 0.1) is 48.1 Å². The summed E-state index contributed by atoms with van der Waals surface area (Å²) in [6.45, 7) is 4.39. The molecule has 0 amide bonds. The molecule has 0 atom stereocenters. The fraction of sp³-hybridized carbons (Fsp3) is 0.0952. The van der Waals surface area contributed by atoms with Crippen LogP contribution in [0.25, 0.3) is 44.5 Å². The predicted octanol–water partition coefficient (Wildman–Crippen LogP) is 9.45. The maximum absolute atomic E-state index is 15.1. The van der Waals surface area contributed by atoms with Crippen LogP contribution in [0.3, 0.4) is 0 Å². The topological polar surface area (TPSA) is 99.6 Å². The quantitative estimate of drug-likeness (QED) is 0.179. The lowest BCUT2D eigenvalue weighted by Crippen LogP contribution is -2.08. The summed E-state index contributed by atoms with van der Waals surface area (Å²) < 4.78 is 30.2. The van der Waals surface area contributed by atoms with Crippen LogP contribution >= 0.6 is 0 Å². The molecular weight excluding hydrogens is 598 g/mol. The average Bonchev–Trinajstić information content (AvgIpc) is 3.10. The molecule has 0 radical (unpaired) electrons. The van der Waals surface area contributed by atoms with E-state index in [1.165, 1.54) is 11.1 Å². The summed E-state index contributed by atoms with van der Waals surface area (Å²) in [7, 11) is 0. The van der Waals surface area contributed by atoms with Crippen molar-refractivity contribution in [3.63, 3.8) is 0 Å². The van der Waals surface area contributed by atoms with E-state index in [4.69, 9.17) is 10.5 Å². The van der Waals surface area contributed by atoms with Crippen molar-refractivity contribution in [3.8, 4) is 56.6 Å². The molecule has 236 valence electrons. The zero-order valence-corrected chi connectivity index (χ0v) is 26.8. The third kappa shape index (κ3) is 7.54. The lowest BCUT2D eigenvalue weighted by Gasteiger charge is -2.13. The van der Waals surface area contributed by atoms with Gasteiger partial charge in [-0.05, 0) is 112 Å². The first-order valence-electron chi connectivity index (χ1n) is 15.4. The molecule has 6 aromatic rings. The Labute approximate surface area is 280 Å². The maximum atomic E-state index is 15.1. The minimum absolute atomic E-state index is 0.250. The van der Waals surface area contributed by atoms with Crippen molar-refractivity contribution in [2.75, 3.05) is 6.67 Å². The average molecular weight is 633 g/mol. The molecule has 4 N–H and O–H groups in total. The molecule has 6 heteroatoms. The number of halogens is 2. The molecule has 0 unspecified atom stereocenters. The zero-order valence-electron chi connectivity index (χ0n) is 26.8. The standard InChI is InChI=1S/C41H28F2N2.CH6N2/c1-26-19-34(36-15-17-38(40(42)22-36)30-7-3-28(24-44)4-8-30)13-11-32(26)21-33-12-14-35(20-27(33)2)37-16-18-39(41(43)23-37)31-9-5-29(25-45)6-10-31;2-1-3/h3-20,22-23H,21H2,1-2H3;1-3H2. The highest BCUT2D eigenvalue weighted by molar-refractivity contribution is 5.73. The van der Waals surface area contributed by atoms with Crippen molar-refractivity contribution >= 4 is 0 Å². The van der Waals surface area contributed by atoms with E-state index in [2.05, 4.69) is 61.7 Å². The summed E-state index contributed by atoms with van der Waals surface area (Å²) >= 11 is 0. The van der Waals surface area contributed by atoms with Crippen LogP contribution in [0.15, 0.2) is 121 Å². The molecule has 0 saturated heterocycles. The van der Waals surface area contributed by atoms with Crippen molar-refractivity contribution in [1.29, 1.82) is 10.5 Å². The number of nitrogens with zero attached hydrogens (tertiary/aromatic N) is 2. The molecule has 0 aliphatic rings. The number of hydrogen-bond donors (Lipinski definition) is 2. The Bertz CT molecular complexity index is 2000. The molecule has 0 bridgehead atoms. The van der Waals surface area contributed by atoms with E-state index in [1.54, 1.807) is 72.8 Å². The molecule has 0 aliphatic carbocycles. The van der Waals surface area contributed by atoms with Gasteiger partial charge in [0, 0.05) is 17.8 Å². The first-order chi connectivity index (χ1) is 23.2. The molecule has 0 heterocycles. The van der Waals surface area contributed by atoms with Gasteiger partial charge < -0.3 is 11.5 Å². The Hall–Kier alpha value is -5.92. The molecular formula is C42H34F2N4. The van der Waals surface area contributed by atoms with Crippen LogP contribution in [-0.2, 0) is 6.42 Å². The second-order valence-electron chi connectivity index (χ2n) is 11.5. The van der Waals surface area contributed by atoms with Crippen LogP contribution in [0.1, 0.15) is 33.4 Å². The number of nitriles is 2. The largest absolute Gasteiger partial charge is 0.319 e. The van der Waals surface area contributed by atoms with E-state index >= 15 is 8.78 Å². The molecule has 0 aromatic heterocycles. The first-order valence-corrected chi connectivity index (χ1v) is 15.4. The van der Waals surface area contributed by atoms with Crippen molar-refractivity contribution < 1.29 is 8.78 Å². The molecule has 6 aromatic carbocycles. The van der Waals surface area contributed by atoms with Gasteiger partial charge >= 0.3 is 0 Å². The predicted molar refractivity (Wildman–Crippen MR) is 189 cm³/mol. The van der Waals surface area contributed by atoms with Crippen molar-refractivity contribution in [1.82, 2.24) is 0 Å². The van der Waals surface area contributed by atoms with E-state index in [1.807, 2.05) is 24.3 Å². The van der Waals surface area contributed by atoms with Gasteiger partial charge in [0.15, 0.2) is 0 Å². The summed E-state index contributed by atoms with van der Waals surface area (Å²) in [6.07, 6.45) is 0.746. The smallest absolute Gasteiger partial charge is 0.131 e.